The molecule has 10 heteroatoms. The van der Waals surface area contributed by atoms with E-state index in [0.29, 0.717) is 11.3 Å². The molecule has 3 N–H and O–H groups in total. The third-order valence-corrected chi connectivity index (χ3v) is 4.98. The molecule has 1 heterocycles. The molecule has 1 aliphatic heterocycles. The van der Waals surface area contributed by atoms with E-state index in [0.717, 1.165) is 12.1 Å². The zero-order chi connectivity index (χ0) is 22.5. The van der Waals surface area contributed by atoms with Gasteiger partial charge in [-0.1, -0.05) is 0 Å². The van der Waals surface area contributed by atoms with Crippen molar-refractivity contribution in [2.24, 2.45) is 0 Å². The van der Waals surface area contributed by atoms with Crippen LogP contribution in [-0.2, 0) is 4.79 Å². The van der Waals surface area contributed by atoms with Gasteiger partial charge < -0.3 is 25.4 Å². The van der Waals surface area contributed by atoms with Gasteiger partial charge in [0, 0.05) is 42.4 Å². The van der Waals surface area contributed by atoms with Gasteiger partial charge in [-0.15, -0.1) is 0 Å². The fourth-order valence-electron chi connectivity index (χ4n) is 3.51. The Morgan fingerprint density at radius 1 is 1.29 bits per heavy atom. The highest BCUT2D eigenvalue weighted by Gasteiger charge is 2.44. The largest absolute Gasteiger partial charge is 0.497 e. The van der Waals surface area contributed by atoms with Gasteiger partial charge in [0.15, 0.2) is 0 Å². The highest BCUT2D eigenvalue weighted by atomic mass is 19.1. The molecule has 2 aromatic rings. The first kappa shape index (κ1) is 22.0. The van der Waals surface area contributed by atoms with Gasteiger partial charge in [0.1, 0.15) is 23.4 Å². The lowest BCUT2D eigenvalue weighted by molar-refractivity contribution is -0.129. The Morgan fingerprint density at radius 2 is 1.94 bits per heavy atom. The van der Waals surface area contributed by atoms with Crippen molar-refractivity contribution in [1.82, 2.24) is 10.2 Å². The van der Waals surface area contributed by atoms with E-state index in [-0.39, 0.29) is 31.0 Å². The number of amides is 3. The number of aliphatic hydroxyl groups is 1. The molecule has 0 saturated carbocycles. The van der Waals surface area contributed by atoms with Crippen molar-refractivity contribution in [2.75, 3.05) is 32.1 Å². The molecule has 3 rings (SSSR count). The molecule has 0 radical (unpaired) electrons. The van der Waals surface area contributed by atoms with E-state index in [1.165, 1.54) is 36.3 Å². The van der Waals surface area contributed by atoms with Crippen molar-refractivity contribution in [1.29, 1.82) is 5.26 Å². The van der Waals surface area contributed by atoms with Crippen molar-refractivity contribution in [3.8, 4) is 11.8 Å². The lowest BCUT2D eigenvalue weighted by Crippen LogP contribution is -2.45. The molecule has 2 aromatic carbocycles. The topological polar surface area (TPSA) is 115 Å². The number of carbonyl (C=O) groups excluding carboxylic acids is 2. The van der Waals surface area contributed by atoms with Crippen LogP contribution in [0.2, 0.25) is 0 Å². The molecule has 1 aliphatic rings. The van der Waals surface area contributed by atoms with Crippen LogP contribution in [0, 0.1) is 23.0 Å². The molecule has 0 aliphatic carbocycles. The van der Waals surface area contributed by atoms with E-state index in [9.17, 15) is 23.5 Å². The summed E-state index contributed by atoms with van der Waals surface area (Å²) in [4.78, 5) is 26.5. The van der Waals surface area contributed by atoms with Crippen LogP contribution in [0.25, 0.3) is 0 Å². The number of methoxy groups -OCH3 is 1. The van der Waals surface area contributed by atoms with E-state index < -0.39 is 35.5 Å². The molecule has 1 saturated heterocycles. The summed E-state index contributed by atoms with van der Waals surface area (Å²) < 4.78 is 34.2. The van der Waals surface area contributed by atoms with Crippen molar-refractivity contribution in [3.05, 3.63) is 59.2 Å². The van der Waals surface area contributed by atoms with E-state index in [1.807, 2.05) is 6.07 Å². The molecule has 31 heavy (non-hydrogen) atoms. The van der Waals surface area contributed by atoms with Crippen LogP contribution in [0.4, 0.5) is 19.3 Å². The van der Waals surface area contributed by atoms with Crippen LogP contribution in [0.5, 0.6) is 5.75 Å². The molecule has 2 atom stereocenters. The number of halogens is 2. The number of rotatable bonds is 6. The predicted octanol–water partition coefficient (Wildman–Crippen LogP) is 1.95. The quantitative estimate of drug-likeness (QED) is 0.648. The maximum atomic E-state index is 14.7. The number of hydrogen-bond donors (Lipinski definition) is 3. The minimum Gasteiger partial charge on any atom is -0.497 e. The Labute approximate surface area is 177 Å². The number of benzene rings is 2. The number of likely N-dealkylation sites (tertiary alicyclic amines) is 1. The summed E-state index contributed by atoms with van der Waals surface area (Å²) in [5, 5.41) is 23.0. The average molecular weight is 430 g/mol. The summed E-state index contributed by atoms with van der Waals surface area (Å²) in [7, 11) is 1.27. The highest BCUT2D eigenvalue weighted by Crippen LogP contribution is 2.34. The molecule has 1 fully saturated rings. The molecule has 0 aromatic heterocycles. The van der Waals surface area contributed by atoms with E-state index in [1.54, 1.807) is 0 Å². The van der Waals surface area contributed by atoms with Crippen LogP contribution in [0.15, 0.2) is 36.4 Å². The second kappa shape index (κ2) is 9.40. The summed E-state index contributed by atoms with van der Waals surface area (Å²) in [5.41, 5.74) is 0.424. The zero-order valence-electron chi connectivity index (χ0n) is 16.6. The minimum atomic E-state index is -1.25. The summed E-state index contributed by atoms with van der Waals surface area (Å²) in [6, 6.07) is 7.98. The lowest BCUT2D eigenvalue weighted by atomic mass is 9.93. The molecular formula is C21H20F2N4O4. The second-order valence-corrected chi connectivity index (χ2v) is 6.88. The van der Waals surface area contributed by atoms with Crippen LogP contribution in [0.3, 0.4) is 0 Å². The smallest absolute Gasteiger partial charge is 0.319 e. The SMILES string of the molecule is COc1cc(F)c([C@@H]2CN(CCO)C(=O)[C@H]2NC(=O)Nc2ccc(C#N)cc2)c(F)c1. The van der Waals surface area contributed by atoms with E-state index in [4.69, 9.17) is 10.00 Å². The number of nitrogens with one attached hydrogen (secondary N) is 2. The lowest BCUT2D eigenvalue weighted by Gasteiger charge is -2.20. The Kier molecular flexibility index (Phi) is 6.67. The van der Waals surface area contributed by atoms with Crippen molar-refractivity contribution < 1.29 is 28.2 Å². The molecule has 8 nitrogen and oxygen atoms in total. The number of carbonyl (C=O) groups is 2. The van der Waals surface area contributed by atoms with Gasteiger partial charge in [0.25, 0.3) is 0 Å². The van der Waals surface area contributed by atoms with Crippen molar-refractivity contribution in [3.63, 3.8) is 0 Å². The normalized spacial score (nSPS) is 17.9. The summed E-state index contributed by atoms with van der Waals surface area (Å²) in [6.45, 7) is -0.457. The number of aliphatic hydroxyl groups excluding tert-OH is 1. The van der Waals surface area contributed by atoms with Crippen LogP contribution in [-0.4, -0.2) is 54.8 Å². The van der Waals surface area contributed by atoms with Crippen LogP contribution < -0.4 is 15.4 Å². The monoisotopic (exact) mass is 430 g/mol. The molecule has 0 bridgehead atoms. The Balaban J connectivity index is 1.85. The number of ether oxygens (including phenoxy) is 1. The summed E-state index contributed by atoms with van der Waals surface area (Å²) >= 11 is 0. The van der Waals surface area contributed by atoms with Gasteiger partial charge in [-0.3, -0.25) is 4.79 Å². The number of nitriles is 1. The van der Waals surface area contributed by atoms with E-state index in [2.05, 4.69) is 10.6 Å². The number of β-amino-alcohol motifs (C(OH)–C–C–N with tert-alkyl or cyclic N) is 1. The van der Waals surface area contributed by atoms with Gasteiger partial charge in [-0.2, -0.15) is 5.26 Å². The Hall–Kier alpha value is -3.71. The fraction of sp³-hybridized carbons (Fsp3) is 0.286. The van der Waals surface area contributed by atoms with Gasteiger partial charge in [-0.25, -0.2) is 13.6 Å². The predicted molar refractivity (Wildman–Crippen MR) is 106 cm³/mol. The first-order chi connectivity index (χ1) is 14.9. The Morgan fingerprint density at radius 3 is 2.48 bits per heavy atom. The van der Waals surface area contributed by atoms with Crippen molar-refractivity contribution in [2.45, 2.75) is 12.0 Å². The zero-order valence-corrected chi connectivity index (χ0v) is 16.6. The molecular weight excluding hydrogens is 410 g/mol. The summed E-state index contributed by atoms with van der Waals surface area (Å²) in [6.07, 6.45) is 0. The Bertz CT molecular complexity index is 1000. The van der Waals surface area contributed by atoms with E-state index >= 15 is 0 Å². The number of urea groups is 1. The highest BCUT2D eigenvalue weighted by molar-refractivity contribution is 5.95. The number of nitrogens with zero attached hydrogens (tertiary/aromatic N) is 2. The van der Waals surface area contributed by atoms with Crippen LogP contribution >= 0.6 is 0 Å². The first-order valence-corrected chi connectivity index (χ1v) is 9.38. The van der Waals surface area contributed by atoms with Gasteiger partial charge in [0.05, 0.1) is 25.3 Å². The third-order valence-electron chi connectivity index (χ3n) is 4.98. The average Bonchev–Trinajstić information content (AvgIpc) is 3.03. The standard InChI is InChI=1S/C21H20F2N4O4/c1-31-14-8-16(22)18(17(23)9-14)15-11-27(6-7-28)20(29)19(15)26-21(30)25-13-4-2-12(10-24)3-5-13/h2-5,8-9,15,19,28H,6-7,11H2,1H3,(H2,25,26,30)/t15-,19-/m0/s1. The third kappa shape index (κ3) is 4.73. The summed E-state index contributed by atoms with van der Waals surface area (Å²) in [5.74, 6) is -3.40. The first-order valence-electron chi connectivity index (χ1n) is 9.38. The molecule has 0 spiro atoms. The fourth-order valence-corrected chi connectivity index (χ4v) is 3.51. The molecule has 0 unspecified atom stereocenters. The minimum absolute atomic E-state index is 0.0154. The van der Waals surface area contributed by atoms with Gasteiger partial charge in [0.2, 0.25) is 5.91 Å². The van der Waals surface area contributed by atoms with Crippen molar-refractivity contribution >= 4 is 17.6 Å². The maximum Gasteiger partial charge on any atom is 0.319 e. The van der Waals surface area contributed by atoms with Gasteiger partial charge in [-0.05, 0) is 24.3 Å². The number of anilines is 1. The molecule has 3 amide bonds. The molecule has 162 valence electrons. The van der Waals surface area contributed by atoms with Gasteiger partial charge >= 0.3 is 6.03 Å². The second-order valence-electron chi connectivity index (χ2n) is 6.88. The number of hydrogen-bond acceptors (Lipinski definition) is 5. The van der Waals surface area contributed by atoms with Crippen LogP contribution in [0.1, 0.15) is 17.0 Å². The maximum absolute atomic E-state index is 14.7.